The molecule has 0 aromatic carbocycles. The molecule has 0 aliphatic carbocycles. The van der Waals surface area contributed by atoms with Gasteiger partial charge in [0.25, 0.3) is 0 Å². The molecule has 6 heteroatoms. The number of unbranched alkanes of at least 4 members (excludes halogenated alkanes) is 12. The average molecular weight is 351 g/mol. The smallest absolute Gasteiger partial charge is 1.00 e. The standard InChI is InChI=1S/C15H31FO3S.K.H/c1-2-3-4-5-6-7-8-9-10-11-12-13-14-15-19-20(16,17)18;;/h2-15H2,1H3;;/q;+1;-1. The molecule has 0 aliphatic heterocycles. The molecule has 0 rings (SSSR count). The fourth-order valence-electron chi connectivity index (χ4n) is 2.28. The molecule has 0 N–H and O–H groups in total. The maximum absolute atomic E-state index is 12.0. The van der Waals surface area contributed by atoms with Crippen LogP contribution in [0.15, 0.2) is 0 Å². The van der Waals surface area contributed by atoms with Crippen molar-refractivity contribution in [2.24, 2.45) is 0 Å². The van der Waals surface area contributed by atoms with Crippen molar-refractivity contribution in [3.8, 4) is 0 Å². The van der Waals surface area contributed by atoms with Gasteiger partial charge < -0.3 is 1.43 Å². The third-order valence-corrected chi connectivity index (χ3v) is 3.92. The average Bonchev–Trinajstić information content (AvgIpc) is 2.38. The first kappa shape index (κ1) is 24.7. The van der Waals surface area contributed by atoms with Gasteiger partial charge in [0.15, 0.2) is 0 Å². The first-order chi connectivity index (χ1) is 9.56. The summed E-state index contributed by atoms with van der Waals surface area (Å²) in [7, 11) is -4.74. The van der Waals surface area contributed by atoms with Crippen molar-refractivity contribution in [1.29, 1.82) is 0 Å². The van der Waals surface area contributed by atoms with Crippen molar-refractivity contribution in [3.63, 3.8) is 0 Å². The summed E-state index contributed by atoms with van der Waals surface area (Å²) >= 11 is 0. The predicted molar refractivity (Wildman–Crippen MR) is 82.8 cm³/mol. The number of rotatable bonds is 15. The Hall–Kier alpha value is 1.48. The zero-order chi connectivity index (χ0) is 15.1. The third kappa shape index (κ3) is 23.9. The summed E-state index contributed by atoms with van der Waals surface area (Å²) < 4.78 is 36.1. The molecule has 0 spiro atoms. The fraction of sp³-hybridized carbons (Fsp3) is 1.00. The van der Waals surface area contributed by atoms with E-state index in [4.69, 9.17) is 0 Å². The van der Waals surface area contributed by atoms with E-state index < -0.39 is 10.5 Å². The van der Waals surface area contributed by atoms with Crippen LogP contribution in [0.25, 0.3) is 0 Å². The normalized spacial score (nSPS) is 11.3. The Kier molecular flexibility index (Phi) is 21.0. The molecule has 0 heterocycles. The van der Waals surface area contributed by atoms with Crippen molar-refractivity contribution in [2.75, 3.05) is 6.61 Å². The minimum Gasteiger partial charge on any atom is -1.00 e. The molecule has 21 heavy (non-hydrogen) atoms. The van der Waals surface area contributed by atoms with Crippen LogP contribution in [-0.2, 0) is 14.7 Å². The van der Waals surface area contributed by atoms with Gasteiger partial charge >= 0.3 is 61.9 Å². The largest absolute Gasteiger partial charge is 1.00 e. The molecule has 0 saturated heterocycles. The van der Waals surface area contributed by atoms with Gasteiger partial charge in [-0.2, -0.15) is 8.42 Å². The molecular weight excluding hydrogens is 318 g/mol. The molecule has 0 radical (unpaired) electrons. The van der Waals surface area contributed by atoms with Gasteiger partial charge in [0.2, 0.25) is 0 Å². The van der Waals surface area contributed by atoms with E-state index in [0.717, 1.165) is 12.8 Å². The summed E-state index contributed by atoms with van der Waals surface area (Å²) in [4.78, 5) is 0. The van der Waals surface area contributed by atoms with E-state index in [2.05, 4.69) is 11.1 Å². The first-order valence-electron chi connectivity index (χ1n) is 8.15. The Morgan fingerprint density at radius 1 is 0.762 bits per heavy atom. The van der Waals surface area contributed by atoms with Crippen LogP contribution >= 0.6 is 0 Å². The van der Waals surface area contributed by atoms with E-state index in [1.54, 1.807) is 0 Å². The zero-order valence-corrected chi connectivity index (χ0v) is 17.9. The van der Waals surface area contributed by atoms with Crippen LogP contribution in [0.5, 0.6) is 0 Å². The van der Waals surface area contributed by atoms with Gasteiger partial charge in [-0.3, -0.25) is 0 Å². The van der Waals surface area contributed by atoms with Gasteiger partial charge in [-0.25, -0.2) is 4.18 Å². The maximum atomic E-state index is 12.0. The van der Waals surface area contributed by atoms with E-state index in [1.165, 1.54) is 64.2 Å². The summed E-state index contributed by atoms with van der Waals surface area (Å²) in [5, 5.41) is 0. The Morgan fingerprint density at radius 3 is 1.43 bits per heavy atom. The van der Waals surface area contributed by atoms with Crippen LogP contribution in [0.3, 0.4) is 0 Å². The molecule has 0 amide bonds. The molecule has 0 unspecified atom stereocenters. The van der Waals surface area contributed by atoms with E-state index in [-0.39, 0.29) is 59.4 Å². The number of halogens is 1. The third-order valence-electron chi connectivity index (χ3n) is 3.47. The maximum Gasteiger partial charge on any atom is 1.00 e. The van der Waals surface area contributed by atoms with E-state index in [0.29, 0.717) is 6.42 Å². The number of hydrogen-bond donors (Lipinski definition) is 0. The van der Waals surface area contributed by atoms with Gasteiger partial charge in [-0.1, -0.05) is 87.9 Å². The molecule has 0 saturated carbocycles. The quantitative estimate of drug-likeness (QED) is 0.259. The summed E-state index contributed by atoms with van der Waals surface area (Å²) in [5.41, 5.74) is 0. The van der Waals surface area contributed by atoms with Crippen molar-refractivity contribution in [3.05, 3.63) is 0 Å². The Labute approximate surface area is 175 Å². The predicted octanol–water partition coefficient (Wildman–Crippen LogP) is 2.42. The molecule has 0 aromatic heterocycles. The van der Waals surface area contributed by atoms with Crippen LogP contribution in [0.2, 0.25) is 0 Å². The minimum atomic E-state index is -4.74. The summed E-state index contributed by atoms with van der Waals surface area (Å²) in [6.45, 7) is 2.21. The van der Waals surface area contributed by atoms with Crippen molar-refractivity contribution in [1.82, 2.24) is 0 Å². The summed E-state index contributed by atoms with van der Waals surface area (Å²) in [6, 6.07) is 0. The van der Waals surface area contributed by atoms with Crippen molar-refractivity contribution in [2.45, 2.75) is 90.4 Å². The van der Waals surface area contributed by atoms with E-state index >= 15 is 0 Å². The molecule has 0 aliphatic rings. The van der Waals surface area contributed by atoms with Crippen LogP contribution in [0.1, 0.15) is 91.8 Å². The minimum absolute atomic E-state index is 0. The van der Waals surface area contributed by atoms with Gasteiger partial charge in [0.1, 0.15) is 0 Å². The second kappa shape index (κ2) is 17.8. The number of hydrogen-bond acceptors (Lipinski definition) is 3. The first-order valence-corrected chi connectivity index (χ1v) is 9.46. The monoisotopic (exact) mass is 350 g/mol. The van der Waals surface area contributed by atoms with Gasteiger partial charge in [-0.05, 0) is 6.42 Å². The van der Waals surface area contributed by atoms with Crippen LogP contribution < -0.4 is 51.4 Å². The van der Waals surface area contributed by atoms with Crippen molar-refractivity contribution < 1.29 is 69.3 Å². The molecular formula is C15H32FKO3S. The van der Waals surface area contributed by atoms with Crippen LogP contribution in [-0.4, -0.2) is 15.0 Å². The topological polar surface area (TPSA) is 43.4 Å². The second-order valence-corrected chi connectivity index (χ2v) is 6.48. The molecule has 0 fully saturated rings. The van der Waals surface area contributed by atoms with Gasteiger partial charge in [0.05, 0.1) is 6.61 Å². The van der Waals surface area contributed by atoms with Gasteiger partial charge in [-0.15, -0.1) is 0 Å². The van der Waals surface area contributed by atoms with Crippen LogP contribution in [0.4, 0.5) is 3.89 Å². The SMILES string of the molecule is CCCCCCCCCCCCCCCOS(=O)(=O)F.[H-].[K+]. The Bertz CT molecular complexity index is 303. The second-order valence-electron chi connectivity index (χ2n) is 5.46. The summed E-state index contributed by atoms with van der Waals surface area (Å²) in [5.74, 6) is 0. The van der Waals surface area contributed by atoms with Gasteiger partial charge in [0, 0.05) is 0 Å². The summed E-state index contributed by atoms with van der Waals surface area (Å²) in [6.07, 6.45) is 15.8. The zero-order valence-electron chi connectivity index (χ0n) is 14.9. The molecule has 124 valence electrons. The van der Waals surface area contributed by atoms with E-state index in [1.807, 2.05) is 0 Å². The van der Waals surface area contributed by atoms with Crippen LogP contribution in [0, 0.1) is 0 Å². The molecule has 0 aromatic rings. The molecule has 3 nitrogen and oxygen atoms in total. The fourth-order valence-corrected chi connectivity index (χ4v) is 2.60. The Balaban J connectivity index is -0.00000180. The molecule has 0 bridgehead atoms. The molecule has 0 atom stereocenters. The Morgan fingerprint density at radius 2 is 1.10 bits per heavy atom. The van der Waals surface area contributed by atoms with Crippen molar-refractivity contribution >= 4 is 10.5 Å². The van der Waals surface area contributed by atoms with E-state index in [9.17, 15) is 12.3 Å².